The van der Waals surface area contributed by atoms with E-state index in [1.54, 1.807) is 24.0 Å². The van der Waals surface area contributed by atoms with Crippen LogP contribution in [0.4, 0.5) is 4.39 Å². The second-order valence-corrected chi connectivity index (χ2v) is 7.20. The van der Waals surface area contributed by atoms with Gasteiger partial charge in [-0.15, -0.1) is 0 Å². The molecular formula is C23H27FN2O3. The van der Waals surface area contributed by atoms with Crippen LogP contribution in [0, 0.1) is 5.82 Å². The zero-order chi connectivity index (χ0) is 20.6. The standard InChI is InChI=1S/C23H27FN2O3/c1-2-21(27)26(16-17-10-12-19(24)13-11-17)22(18-7-4-3-5-8-18)23(28)25-15-20-9-6-14-29-20/h3-5,7-8,10-13,20,22H,2,6,9,14-16H2,1H3,(H,25,28)/t20-,22-/m0/s1. The summed E-state index contributed by atoms with van der Waals surface area (Å²) >= 11 is 0. The molecule has 2 aromatic rings. The number of carbonyl (C=O) groups excluding carboxylic acids is 2. The average Bonchev–Trinajstić information content (AvgIpc) is 3.27. The number of benzene rings is 2. The summed E-state index contributed by atoms with van der Waals surface area (Å²) in [6, 6.07) is 14.5. The third kappa shape index (κ3) is 5.64. The van der Waals surface area contributed by atoms with Crippen molar-refractivity contribution in [2.24, 2.45) is 0 Å². The first-order chi connectivity index (χ1) is 14.1. The van der Waals surface area contributed by atoms with Crippen molar-refractivity contribution < 1.29 is 18.7 Å². The number of nitrogens with zero attached hydrogens (tertiary/aromatic N) is 1. The zero-order valence-electron chi connectivity index (χ0n) is 16.6. The molecule has 0 unspecified atom stereocenters. The van der Waals surface area contributed by atoms with Crippen molar-refractivity contribution in [3.8, 4) is 0 Å². The number of ether oxygens (including phenoxy) is 1. The Morgan fingerprint density at radius 1 is 1.17 bits per heavy atom. The Morgan fingerprint density at radius 2 is 1.90 bits per heavy atom. The summed E-state index contributed by atoms with van der Waals surface area (Å²) in [6.07, 6.45) is 2.20. The van der Waals surface area contributed by atoms with Crippen molar-refractivity contribution >= 4 is 11.8 Å². The van der Waals surface area contributed by atoms with Crippen LogP contribution in [0.5, 0.6) is 0 Å². The third-order valence-electron chi connectivity index (χ3n) is 5.09. The average molecular weight is 398 g/mol. The molecule has 0 bridgehead atoms. The van der Waals surface area contributed by atoms with Gasteiger partial charge < -0.3 is 15.0 Å². The van der Waals surface area contributed by atoms with E-state index >= 15 is 0 Å². The highest BCUT2D eigenvalue weighted by atomic mass is 19.1. The van der Waals surface area contributed by atoms with E-state index in [-0.39, 0.29) is 36.7 Å². The lowest BCUT2D eigenvalue weighted by Gasteiger charge is -2.31. The van der Waals surface area contributed by atoms with Gasteiger partial charge in [0, 0.05) is 26.1 Å². The molecule has 1 aliphatic heterocycles. The fourth-order valence-electron chi connectivity index (χ4n) is 3.54. The van der Waals surface area contributed by atoms with Crippen LogP contribution < -0.4 is 5.32 Å². The fourth-order valence-corrected chi connectivity index (χ4v) is 3.54. The first kappa shape index (κ1) is 21.0. The molecule has 2 aromatic carbocycles. The topological polar surface area (TPSA) is 58.6 Å². The van der Waals surface area contributed by atoms with Crippen LogP contribution in [0.25, 0.3) is 0 Å². The molecule has 2 atom stereocenters. The molecule has 0 spiro atoms. The Morgan fingerprint density at radius 3 is 2.52 bits per heavy atom. The molecular weight excluding hydrogens is 371 g/mol. The van der Waals surface area contributed by atoms with Crippen LogP contribution in [0.1, 0.15) is 43.4 Å². The van der Waals surface area contributed by atoms with E-state index in [1.807, 2.05) is 30.3 Å². The van der Waals surface area contributed by atoms with Crippen LogP contribution in [0.3, 0.4) is 0 Å². The van der Waals surface area contributed by atoms with Gasteiger partial charge in [0.05, 0.1) is 6.10 Å². The number of nitrogens with one attached hydrogen (secondary N) is 1. The van der Waals surface area contributed by atoms with Gasteiger partial charge >= 0.3 is 0 Å². The van der Waals surface area contributed by atoms with E-state index in [0.29, 0.717) is 13.2 Å². The van der Waals surface area contributed by atoms with Gasteiger partial charge in [0.15, 0.2) is 0 Å². The number of hydrogen-bond acceptors (Lipinski definition) is 3. The Hall–Kier alpha value is -2.73. The molecule has 5 nitrogen and oxygen atoms in total. The van der Waals surface area contributed by atoms with E-state index in [0.717, 1.165) is 24.0 Å². The first-order valence-corrected chi connectivity index (χ1v) is 10.1. The van der Waals surface area contributed by atoms with Crippen LogP contribution in [0.2, 0.25) is 0 Å². The van der Waals surface area contributed by atoms with Crippen LogP contribution in [-0.4, -0.2) is 36.0 Å². The number of carbonyl (C=O) groups is 2. The summed E-state index contributed by atoms with van der Waals surface area (Å²) < 4.78 is 18.9. The lowest BCUT2D eigenvalue weighted by molar-refractivity contribution is -0.141. The van der Waals surface area contributed by atoms with Crippen molar-refractivity contribution in [1.82, 2.24) is 10.2 Å². The van der Waals surface area contributed by atoms with Gasteiger partial charge in [-0.3, -0.25) is 9.59 Å². The monoisotopic (exact) mass is 398 g/mol. The summed E-state index contributed by atoms with van der Waals surface area (Å²) in [4.78, 5) is 27.6. The maximum Gasteiger partial charge on any atom is 0.247 e. The molecule has 0 aliphatic carbocycles. The van der Waals surface area contributed by atoms with E-state index in [1.165, 1.54) is 12.1 Å². The molecule has 0 aromatic heterocycles. The minimum Gasteiger partial charge on any atom is -0.376 e. The second kappa shape index (κ2) is 10.2. The van der Waals surface area contributed by atoms with Crippen LogP contribution >= 0.6 is 0 Å². The molecule has 29 heavy (non-hydrogen) atoms. The number of amides is 2. The largest absolute Gasteiger partial charge is 0.376 e. The highest BCUT2D eigenvalue weighted by molar-refractivity contribution is 5.88. The molecule has 0 radical (unpaired) electrons. The van der Waals surface area contributed by atoms with E-state index in [2.05, 4.69) is 5.32 Å². The lowest BCUT2D eigenvalue weighted by Crippen LogP contribution is -2.44. The van der Waals surface area contributed by atoms with Gasteiger partial charge in [-0.05, 0) is 36.1 Å². The van der Waals surface area contributed by atoms with E-state index in [9.17, 15) is 14.0 Å². The Labute approximate surface area is 170 Å². The number of halogens is 1. The predicted molar refractivity (Wildman–Crippen MR) is 108 cm³/mol. The molecule has 154 valence electrons. The molecule has 2 amide bonds. The Kier molecular flexibility index (Phi) is 7.36. The third-order valence-corrected chi connectivity index (χ3v) is 5.09. The van der Waals surface area contributed by atoms with Crippen LogP contribution in [0.15, 0.2) is 54.6 Å². The van der Waals surface area contributed by atoms with Crippen molar-refractivity contribution in [2.45, 2.75) is 44.9 Å². The van der Waals surface area contributed by atoms with Crippen LogP contribution in [-0.2, 0) is 20.9 Å². The fraction of sp³-hybridized carbons (Fsp3) is 0.391. The van der Waals surface area contributed by atoms with Gasteiger partial charge in [-0.2, -0.15) is 0 Å². The predicted octanol–water partition coefficient (Wildman–Crippen LogP) is 3.60. The minimum atomic E-state index is -0.768. The summed E-state index contributed by atoms with van der Waals surface area (Å²) in [5.41, 5.74) is 1.50. The minimum absolute atomic E-state index is 0.0165. The number of hydrogen-bond donors (Lipinski definition) is 1. The van der Waals surface area contributed by atoms with Crippen molar-refractivity contribution in [3.63, 3.8) is 0 Å². The van der Waals surface area contributed by atoms with Gasteiger partial charge in [0.1, 0.15) is 11.9 Å². The van der Waals surface area contributed by atoms with Crippen molar-refractivity contribution in [1.29, 1.82) is 0 Å². The normalized spacial score (nSPS) is 17.0. The molecule has 3 rings (SSSR count). The van der Waals surface area contributed by atoms with Crippen molar-refractivity contribution in [2.75, 3.05) is 13.2 Å². The van der Waals surface area contributed by atoms with E-state index < -0.39 is 6.04 Å². The maximum absolute atomic E-state index is 13.3. The Bertz CT molecular complexity index is 805. The van der Waals surface area contributed by atoms with Crippen molar-refractivity contribution in [3.05, 3.63) is 71.5 Å². The highest BCUT2D eigenvalue weighted by Crippen LogP contribution is 2.25. The molecule has 0 saturated carbocycles. The van der Waals surface area contributed by atoms with Gasteiger partial charge in [0.2, 0.25) is 11.8 Å². The second-order valence-electron chi connectivity index (χ2n) is 7.20. The summed E-state index contributed by atoms with van der Waals surface area (Å²) in [5.74, 6) is -0.720. The summed E-state index contributed by atoms with van der Waals surface area (Å²) in [7, 11) is 0. The molecule has 1 saturated heterocycles. The molecule has 1 aliphatic rings. The van der Waals surface area contributed by atoms with E-state index in [4.69, 9.17) is 4.74 Å². The Balaban J connectivity index is 1.86. The zero-order valence-corrected chi connectivity index (χ0v) is 16.6. The maximum atomic E-state index is 13.3. The smallest absolute Gasteiger partial charge is 0.247 e. The van der Waals surface area contributed by atoms with Gasteiger partial charge in [-0.1, -0.05) is 49.4 Å². The SMILES string of the molecule is CCC(=O)N(Cc1ccc(F)cc1)[C@H](C(=O)NC[C@@H]1CCCO1)c1ccccc1. The first-order valence-electron chi connectivity index (χ1n) is 10.1. The van der Waals surface area contributed by atoms with Gasteiger partial charge in [-0.25, -0.2) is 4.39 Å². The lowest BCUT2D eigenvalue weighted by atomic mass is 10.0. The van der Waals surface area contributed by atoms with Gasteiger partial charge in [0.25, 0.3) is 0 Å². The highest BCUT2D eigenvalue weighted by Gasteiger charge is 2.31. The quantitative estimate of drug-likeness (QED) is 0.739. The molecule has 1 fully saturated rings. The molecule has 6 heteroatoms. The summed E-state index contributed by atoms with van der Waals surface area (Å²) in [5, 5.41) is 2.96. The molecule has 1 N–H and O–H groups in total. The number of rotatable bonds is 8. The molecule has 1 heterocycles. The summed E-state index contributed by atoms with van der Waals surface area (Å²) in [6.45, 7) is 3.13.